The minimum absolute atomic E-state index is 0.0236. The lowest BCUT2D eigenvalue weighted by atomic mass is 9.69. The van der Waals surface area contributed by atoms with E-state index in [2.05, 4.69) is 65.6 Å². The Bertz CT molecular complexity index is 570. The summed E-state index contributed by atoms with van der Waals surface area (Å²) >= 11 is 5.22. The van der Waals surface area contributed by atoms with Gasteiger partial charge in [0.15, 0.2) is 5.11 Å². The van der Waals surface area contributed by atoms with Crippen molar-refractivity contribution in [3.05, 3.63) is 71.8 Å². The number of thiocarbonyl (C=S) groups is 1. The molecule has 3 rings (SSSR count). The summed E-state index contributed by atoms with van der Waals surface area (Å²) < 4.78 is 0. The highest BCUT2D eigenvalue weighted by atomic mass is 32.1. The first-order valence-corrected chi connectivity index (χ1v) is 7.79. The van der Waals surface area contributed by atoms with Crippen LogP contribution in [0.3, 0.4) is 0 Å². The Morgan fingerprint density at radius 2 is 1.48 bits per heavy atom. The lowest BCUT2D eigenvalue weighted by molar-refractivity contribution is 0.251. The fourth-order valence-corrected chi connectivity index (χ4v) is 3.55. The summed E-state index contributed by atoms with van der Waals surface area (Å²) in [6.07, 6.45) is 2.22. The molecule has 0 bridgehead atoms. The molecule has 0 spiro atoms. The van der Waals surface area contributed by atoms with Crippen LogP contribution < -0.4 is 5.73 Å². The normalized spacial score (nSPS) is 17.4. The van der Waals surface area contributed by atoms with E-state index in [-0.39, 0.29) is 5.41 Å². The van der Waals surface area contributed by atoms with Gasteiger partial charge >= 0.3 is 0 Å². The van der Waals surface area contributed by atoms with Crippen LogP contribution in [0, 0.1) is 0 Å². The van der Waals surface area contributed by atoms with E-state index >= 15 is 0 Å². The molecular formula is C18H20N2S. The first-order chi connectivity index (χ1) is 10.2. The van der Waals surface area contributed by atoms with Crippen molar-refractivity contribution in [3.63, 3.8) is 0 Å². The van der Waals surface area contributed by atoms with Crippen molar-refractivity contribution in [1.29, 1.82) is 0 Å². The van der Waals surface area contributed by atoms with Gasteiger partial charge in [-0.15, -0.1) is 0 Å². The van der Waals surface area contributed by atoms with Crippen molar-refractivity contribution in [1.82, 2.24) is 4.90 Å². The molecule has 0 aromatic heterocycles. The maximum atomic E-state index is 5.90. The van der Waals surface area contributed by atoms with Crippen molar-refractivity contribution >= 4 is 17.3 Å². The molecule has 0 unspecified atom stereocenters. The van der Waals surface area contributed by atoms with Crippen molar-refractivity contribution in [3.8, 4) is 0 Å². The van der Waals surface area contributed by atoms with E-state index in [0.717, 1.165) is 25.9 Å². The number of hydrogen-bond acceptors (Lipinski definition) is 1. The molecule has 0 radical (unpaired) electrons. The van der Waals surface area contributed by atoms with Gasteiger partial charge in [-0.1, -0.05) is 60.7 Å². The summed E-state index contributed by atoms with van der Waals surface area (Å²) in [5, 5.41) is 0.505. The maximum Gasteiger partial charge on any atom is 0.166 e. The van der Waals surface area contributed by atoms with Crippen LogP contribution in [0.2, 0.25) is 0 Å². The Kier molecular flexibility index (Phi) is 3.93. The van der Waals surface area contributed by atoms with Gasteiger partial charge in [-0.25, -0.2) is 0 Å². The van der Waals surface area contributed by atoms with Gasteiger partial charge in [0.1, 0.15) is 0 Å². The van der Waals surface area contributed by atoms with Gasteiger partial charge in [-0.05, 0) is 36.2 Å². The Balaban J connectivity index is 2.09. The zero-order chi connectivity index (χ0) is 14.7. The van der Waals surface area contributed by atoms with Gasteiger partial charge < -0.3 is 10.6 Å². The average Bonchev–Trinajstić information content (AvgIpc) is 2.56. The SMILES string of the molecule is NC(=S)N1CCCC(c2ccccc2)(c2ccccc2)C1. The summed E-state index contributed by atoms with van der Waals surface area (Å²) in [7, 11) is 0. The average molecular weight is 296 g/mol. The van der Waals surface area contributed by atoms with Gasteiger partial charge in [0.05, 0.1) is 0 Å². The van der Waals surface area contributed by atoms with Crippen LogP contribution in [0.5, 0.6) is 0 Å². The molecule has 0 amide bonds. The highest BCUT2D eigenvalue weighted by Gasteiger charge is 2.38. The van der Waals surface area contributed by atoms with E-state index in [4.69, 9.17) is 18.0 Å². The molecule has 2 N–H and O–H groups in total. The Morgan fingerprint density at radius 3 is 1.95 bits per heavy atom. The number of benzene rings is 2. The van der Waals surface area contributed by atoms with E-state index in [1.54, 1.807) is 0 Å². The van der Waals surface area contributed by atoms with Crippen LogP contribution in [0.4, 0.5) is 0 Å². The standard InChI is InChI=1S/C18H20N2S/c19-17(21)20-13-7-12-18(14-20,15-8-3-1-4-9-15)16-10-5-2-6-11-16/h1-6,8-11H,7,12-14H2,(H2,19,21). The van der Waals surface area contributed by atoms with Gasteiger partial charge in [-0.3, -0.25) is 0 Å². The highest BCUT2D eigenvalue weighted by molar-refractivity contribution is 7.80. The number of nitrogens with two attached hydrogens (primary N) is 1. The van der Waals surface area contributed by atoms with Crippen molar-refractivity contribution in [2.75, 3.05) is 13.1 Å². The van der Waals surface area contributed by atoms with Crippen LogP contribution in [-0.2, 0) is 5.41 Å². The predicted molar refractivity (Wildman–Crippen MR) is 91.3 cm³/mol. The third-order valence-corrected chi connectivity index (χ3v) is 4.71. The number of piperidine rings is 1. The van der Waals surface area contributed by atoms with Gasteiger partial charge in [0, 0.05) is 18.5 Å². The van der Waals surface area contributed by atoms with E-state index in [9.17, 15) is 0 Å². The highest BCUT2D eigenvalue weighted by Crippen LogP contribution is 2.40. The summed E-state index contributed by atoms with van der Waals surface area (Å²) in [4.78, 5) is 2.14. The first kappa shape index (κ1) is 14.1. The van der Waals surface area contributed by atoms with Crippen LogP contribution in [0.1, 0.15) is 24.0 Å². The minimum Gasteiger partial charge on any atom is -0.376 e. The number of rotatable bonds is 2. The third-order valence-electron chi connectivity index (χ3n) is 4.46. The van der Waals surface area contributed by atoms with Crippen LogP contribution in [0.15, 0.2) is 60.7 Å². The molecule has 3 heteroatoms. The predicted octanol–water partition coefficient (Wildman–Crippen LogP) is 3.31. The van der Waals surface area contributed by atoms with Crippen molar-refractivity contribution < 1.29 is 0 Å². The largest absolute Gasteiger partial charge is 0.376 e. The quantitative estimate of drug-likeness (QED) is 0.862. The molecule has 1 saturated heterocycles. The lowest BCUT2D eigenvalue weighted by Crippen LogP contribution is -2.50. The third kappa shape index (κ3) is 2.66. The molecule has 1 aliphatic heterocycles. The molecule has 2 aromatic carbocycles. The molecule has 1 aliphatic rings. The molecule has 0 saturated carbocycles. The fourth-order valence-electron chi connectivity index (χ4n) is 3.40. The second-order valence-electron chi connectivity index (χ2n) is 5.68. The summed E-state index contributed by atoms with van der Waals surface area (Å²) in [5.41, 5.74) is 8.57. The molecule has 108 valence electrons. The second kappa shape index (κ2) is 5.86. The topological polar surface area (TPSA) is 29.3 Å². The van der Waals surface area contributed by atoms with E-state index in [1.807, 2.05) is 0 Å². The molecule has 0 aliphatic carbocycles. The summed E-state index contributed by atoms with van der Waals surface area (Å²) in [5.74, 6) is 0. The van der Waals surface area contributed by atoms with Crippen molar-refractivity contribution in [2.45, 2.75) is 18.3 Å². The Labute approximate surface area is 131 Å². The second-order valence-corrected chi connectivity index (χ2v) is 6.10. The molecule has 2 aromatic rings. The van der Waals surface area contributed by atoms with Gasteiger partial charge in [0.2, 0.25) is 0 Å². The van der Waals surface area contributed by atoms with Crippen LogP contribution in [0.25, 0.3) is 0 Å². The fraction of sp³-hybridized carbons (Fsp3) is 0.278. The Morgan fingerprint density at radius 1 is 0.952 bits per heavy atom. The van der Waals surface area contributed by atoms with Gasteiger partial charge in [-0.2, -0.15) is 0 Å². The molecule has 1 fully saturated rings. The zero-order valence-corrected chi connectivity index (χ0v) is 12.9. The Hall–Kier alpha value is -1.87. The summed E-state index contributed by atoms with van der Waals surface area (Å²) in [6, 6.07) is 21.4. The molecule has 21 heavy (non-hydrogen) atoms. The number of likely N-dealkylation sites (tertiary alicyclic amines) is 1. The molecular weight excluding hydrogens is 276 g/mol. The first-order valence-electron chi connectivity index (χ1n) is 7.38. The summed E-state index contributed by atoms with van der Waals surface area (Å²) in [6.45, 7) is 1.81. The van der Waals surface area contributed by atoms with Crippen LogP contribution >= 0.6 is 12.2 Å². The van der Waals surface area contributed by atoms with Crippen molar-refractivity contribution in [2.24, 2.45) is 5.73 Å². The molecule has 0 atom stereocenters. The van der Waals surface area contributed by atoms with E-state index in [0.29, 0.717) is 5.11 Å². The number of hydrogen-bond donors (Lipinski definition) is 1. The number of nitrogens with zero attached hydrogens (tertiary/aromatic N) is 1. The van der Waals surface area contributed by atoms with E-state index < -0.39 is 0 Å². The minimum atomic E-state index is -0.0236. The lowest BCUT2D eigenvalue weighted by Gasteiger charge is -2.44. The zero-order valence-electron chi connectivity index (χ0n) is 12.0. The smallest absolute Gasteiger partial charge is 0.166 e. The van der Waals surface area contributed by atoms with Crippen LogP contribution in [-0.4, -0.2) is 23.1 Å². The molecule has 2 nitrogen and oxygen atoms in total. The maximum absolute atomic E-state index is 5.90. The van der Waals surface area contributed by atoms with E-state index in [1.165, 1.54) is 11.1 Å². The monoisotopic (exact) mass is 296 g/mol. The molecule has 1 heterocycles. The van der Waals surface area contributed by atoms with Gasteiger partial charge in [0.25, 0.3) is 0 Å².